The van der Waals surface area contributed by atoms with E-state index < -0.39 is 24.0 Å². The summed E-state index contributed by atoms with van der Waals surface area (Å²) in [6.07, 6.45) is 4.27. The fourth-order valence-corrected chi connectivity index (χ4v) is 8.01. The van der Waals surface area contributed by atoms with E-state index in [-0.39, 0.29) is 28.6 Å². The zero-order chi connectivity index (χ0) is 24.2. The van der Waals surface area contributed by atoms with Gasteiger partial charge >= 0.3 is 11.9 Å². The second-order valence-corrected chi connectivity index (χ2v) is 11.5. The van der Waals surface area contributed by atoms with Crippen LogP contribution in [0.25, 0.3) is 0 Å². The zero-order valence-electron chi connectivity index (χ0n) is 18.8. The molecule has 4 N–H and O–H groups in total. The monoisotopic (exact) mass is 516 g/mol. The van der Waals surface area contributed by atoms with E-state index >= 15 is 0 Å². The Hall–Kier alpha value is -0.720. The van der Waals surface area contributed by atoms with Gasteiger partial charge in [-0.05, 0) is 6.42 Å². The number of nitrogens with one attached hydrogen (secondary N) is 2. The standard InChI is InChI=1S/C17H30N2O6S4.C2H6/c1-4-5-6-7-13(29-28-10-15(17(24)25)19-12(3)21)8-26-27-9-14(16(22)23)18-11(2)20;1-2/h13-15H,4-10H2,1-3H3,(H,18,20)(H,19,21)(H,22,23)(H,24,25);1-2H3. The maximum Gasteiger partial charge on any atom is 0.327 e. The van der Waals surface area contributed by atoms with E-state index in [0.717, 1.165) is 31.4 Å². The summed E-state index contributed by atoms with van der Waals surface area (Å²) in [5, 5.41) is 23.4. The Kier molecular flexibility index (Phi) is 22.1. The van der Waals surface area contributed by atoms with Gasteiger partial charge in [0.05, 0.1) is 0 Å². The highest BCUT2D eigenvalue weighted by molar-refractivity contribution is 8.78. The smallest absolute Gasteiger partial charge is 0.327 e. The van der Waals surface area contributed by atoms with E-state index in [4.69, 9.17) is 5.11 Å². The van der Waals surface area contributed by atoms with Crippen LogP contribution in [0.4, 0.5) is 0 Å². The molecule has 0 aromatic carbocycles. The maximum absolute atomic E-state index is 11.2. The van der Waals surface area contributed by atoms with Gasteiger partial charge in [0.2, 0.25) is 11.8 Å². The molecule has 2 amide bonds. The van der Waals surface area contributed by atoms with E-state index in [1.807, 2.05) is 13.8 Å². The Morgan fingerprint density at radius 2 is 1.23 bits per heavy atom. The van der Waals surface area contributed by atoms with Crippen molar-refractivity contribution in [2.45, 2.75) is 77.6 Å². The average Bonchev–Trinajstić information content (AvgIpc) is 2.69. The van der Waals surface area contributed by atoms with Crippen LogP contribution in [-0.4, -0.2) is 68.6 Å². The van der Waals surface area contributed by atoms with Crippen molar-refractivity contribution in [2.24, 2.45) is 0 Å². The largest absolute Gasteiger partial charge is 0.480 e. The van der Waals surface area contributed by atoms with Crippen LogP contribution >= 0.6 is 43.2 Å². The summed E-state index contributed by atoms with van der Waals surface area (Å²) in [6, 6.07) is -1.84. The number of carbonyl (C=O) groups is 4. The molecule has 0 saturated carbocycles. The first-order valence-electron chi connectivity index (χ1n) is 10.2. The van der Waals surface area contributed by atoms with Gasteiger partial charge in [0, 0.05) is 36.4 Å². The van der Waals surface area contributed by atoms with E-state index in [0.29, 0.717) is 0 Å². The second-order valence-electron chi connectivity index (χ2n) is 6.25. The lowest BCUT2D eigenvalue weighted by atomic mass is 10.2. The quantitative estimate of drug-likeness (QED) is 0.167. The molecular formula is C19H36N2O6S4. The molecule has 0 bridgehead atoms. The molecule has 0 rings (SSSR count). The molecule has 0 spiro atoms. The van der Waals surface area contributed by atoms with Crippen molar-refractivity contribution in [3.05, 3.63) is 0 Å². The molecule has 8 nitrogen and oxygen atoms in total. The highest BCUT2D eigenvalue weighted by Gasteiger charge is 2.21. The second kappa shape index (κ2) is 21.1. The first-order chi connectivity index (χ1) is 14.7. The van der Waals surface area contributed by atoms with Crippen molar-refractivity contribution in [3.63, 3.8) is 0 Å². The van der Waals surface area contributed by atoms with Gasteiger partial charge in [-0.15, -0.1) is 0 Å². The molecule has 0 aliphatic carbocycles. The molecule has 31 heavy (non-hydrogen) atoms. The van der Waals surface area contributed by atoms with E-state index in [2.05, 4.69) is 17.6 Å². The van der Waals surface area contributed by atoms with Crippen molar-refractivity contribution in [3.8, 4) is 0 Å². The maximum atomic E-state index is 11.2. The fourth-order valence-electron chi connectivity index (χ4n) is 2.07. The van der Waals surface area contributed by atoms with Crippen LogP contribution < -0.4 is 10.6 Å². The molecule has 0 radical (unpaired) electrons. The molecule has 0 aliphatic rings. The number of hydrogen-bond acceptors (Lipinski definition) is 8. The lowest BCUT2D eigenvalue weighted by Crippen LogP contribution is -2.41. The topological polar surface area (TPSA) is 133 Å². The predicted octanol–water partition coefficient (Wildman–Crippen LogP) is 3.90. The summed E-state index contributed by atoms with van der Waals surface area (Å²) in [7, 11) is 5.97. The van der Waals surface area contributed by atoms with Crippen LogP contribution in [0, 0.1) is 0 Å². The van der Waals surface area contributed by atoms with Crippen molar-refractivity contribution < 1.29 is 29.4 Å². The van der Waals surface area contributed by atoms with Gasteiger partial charge in [-0.2, -0.15) is 0 Å². The summed E-state index contributed by atoms with van der Waals surface area (Å²) >= 11 is 0. The van der Waals surface area contributed by atoms with Crippen molar-refractivity contribution >= 4 is 66.9 Å². The third kappa shape index (κ3) is 19.7. The third-order valence-electron chi connectivity index (χ3n) is 3.49. The van der Waals surface area contributed by atoms with Gasteiger partial charge in [0.25, 0.3) is 0 Å². The average molecular weight is 517 g/mol. The Balaban J connectivity index is 0. The molecule has 0 heterocycles. The molecule has 3 unspecified atom stereocenters. The normalized spacial score (nSPS) is 13.2. The van der Waals surface area contributed by atoms with Crippen LogP contribution in [0.2, 0.25) is 0 Å². The number of carboxylic acids is 2. The zero-order valence-corrected chi connectivity index (χ0v) is 22.1. The SMILES string of the molecule is CC.CCCCCC(CSSCC(NC(C)=O)C(=O)O)SSCC(NC(C)=O)C(=O)O. The number of aliphatic carboxylic acids is 2. The molecule has 0 aromatic rings. The summed E-state index contributed by atoms with van der Waals surface area (Å²) in [5.41, 5.74) is 0. The summed E-state index contributed by atoms with van der Waals surface area (Å²) in [5.74, 6) is -1.56. The molecule has 0 saturated heterocycles. The van der Waals surface area contributed by atoms with Crippen LogP contribution in [0.1, 0.15) is 60.3 Å². The molecule has 3 atom stereocenters. The first-order valence-corrected chi connectivity index (χ1v) is 15.1. The minimum absolute atomic E-state index is 0.267. The van der Waals surface area contributed by atoms with Gasteiger partial charge < -0.3 is 20.8 Å². The summed E-state index contributed by atoms with van der Waals surface area (Å²) in [6.45, 7) is 8.71. The lowest BCUT2D eigenvalue weighted by molar-refractivity contribution is -0.141. The van der Waals surface area contributed by atoms with Crippen LogP contribution in [0.5, 0.6) is 0 Å². The lowest BCUT2D eigenvalue weighted by Gasteiger charge is -2.18. The Bertz CT molecular complexity index is 540. The summed E-state index contributed by atoms with van der Waals surface area (Å²) in [4.78, 5) is 44.5. The van der Waals surface area contributed by atoms with E-state index in [1.54, 1.807) is 21.6 Å². The highest BCUT2D eigenvalue weighted by atomic mass is 33.1. The van der Waals surface area contributed by atoms with Crippen molar-refractivity contribution in [2.75, 3.05) is 17.3 Å². The van der Waals surface area contributed by atoms with Gasteiger partial charge in [0.1, 0.15) is 12.1 Å². The molecule has 182 valence electrons. The minimum atomic E-state index is -1.06. The van der Waals surface area contributed by atoms with Crippen LogP contribution in [-0.2, 0) is 19.2 Å². The van der Waals surface area contributed by atoms with Crippen LogP contribution in [0.3, 0.4) is 0 Å². The van der Waals surface area contributed by atoms with E-state index in [1.165, 1.54) is 35.4 Å². The van der Waals surface area contributed by atoms with Gasteiger partial charge in [-0.1, -0.05) is 83.2 Å². The van der Waals surface area contributed by atoms with Gasteiger partial charge in [0.15, 0.2) is 0 Å². The number of unbranched alkanes of at least 4 members (excludes halogenated alkanes) is 2. The first kappa shape index (κ1) is 32.5. The molecule has 0 aliphatic heterocycles. The number of amides is 2. The third-order valence-corrected chi connectivity index (χ3v) is 9.11. The summed E-state index contributed by atoms with van der Waals surface area (Å²) < 4.78 is 0. The number of hydrogen-bond donors (Lipinski definition) is 4. The van der Waals surface area contributed by atoms with Gasteiger partial charge in [-0.25, -0.2) is 9.59 Å². The molecule has 0 aromatic heterocycles. The van der Waals surface area contributed by atoms with Crippen molar-refractivity contribution in [1.82, 2.24) is 10.6 Å². The fraction of sp³-hybridized carbons (Fsp3) is 0.789. The molecule has 0 fully saturated rings. The number of carboxylic acid groups (broad SMARTS) is 2. The molecular weight excluding hydrogens is 480 g/mol. The Labute approximate surface area is 201 Å². The number of carbonyl (C=O) groups excluding carboxylic acids is 2. The highest BCUT2D eigenvalue weighted by Crippen LogP contribution is 2.35. The molecule has 12 heteroatoms. The Morgan fingerprint density at radius 3 is 1.65 bits per heavy atom. The van der Waals surface area contributed by atoms with Crippen molar-refractivity contribution in [1.29, 1.82) is 0 Å². The van der Waals surface area contributed by atoms with E-state index in [9.17, 15) is 24.3 Å². The predicted molar refractivity (Wildman–Crippen MR) is 135 cm³/mol. The van der Waals surface area contributed by atoms with Crippen LogP contribution in [0.15, 0.2) is 0 Å². The number of rotatable bonds is 17. The Morgan fingerprint density at radius 1 is 0.774 bits per heavy atom. The van der Waals surface area contributed by atoms with Gasteiger partial charge in [-0.3, -0.25) is 9.59 Å². The minimum Gasteiger partial charge on any atom is -0.480 e.